The topological polar surface area (TPSA) is 109 Å². The van der Waals surface area contributed by atoms with E-state index in [1.54, 1.807) is 42.7 Å². The number of benzene rings is 1. The lowest BCUT2D eigenvalue weighted by Gasteiger charge is -2.12. The summed E-state index contributed by atoms with van der Waals surface area (Å²) in [7, 11) is 4.07. The van der Waals surface area contributed by atoms with Crippen molar-refractivity contribution in [3.8, 4) is 11.3 Å². The van der Waals surface area contributed by atoms with Crippen LogP contribution in [0, 0.1) is 0 Å². The predicted molar refractivity (Wildman–Crippen MR) is 116 cm³/mol. The molecule has 3 rings (SSSR count). The molecule has 0 radical (unpaired) electrons. The first-order valence-electron chi connectivity index (χ1n) is 9.36. The van der Waals surface area contributed by atoms with Gasteiger partial charge in [-0.15, -0.1) is 0 Å². The van der Waals surface area contributed by atoms with Gasteiger partial charge >= 0.3 is 0 Å². The van der Waals surface area contributed by atoms with Gasteiger partial charge in [-0.1, -0.05) is 0 Å². The molecule has 150 valence electrons. The van der Waals surface area contributed by atoms with Gasteiger partial charge in [-0.05, 0) is 63.5 Å². The van der Waals surface area contributed by atoms with Crippen LogP contribution in [0.15, 0.2) is 54.9 Å². The van der Waals surface area contributed by atoms with E-state index < -0.39 is 0 Å². The Morgan fingerprint density at radius 2 is 1.79 bits per heavy atom. The highest BCUT2D eigenvalue weighted by Crippen LogP contribution is 2.21. The third-order valence-corrected chi connectivity index (χ3v) is 4.18. The molecule has 0 aliphatic carbocycles. The summed E-state index contributed by atoms with van der Waals surface area (Å²) in [6, 6.07) is 12.2. The SMILES string of the molecule is CN(C)CCCNc1nc(NC(=O)c2ccc(N)cc2)cc(-c2ccncc2)n1. The van der Waals surface area contributed by atoms with Crippen LogP contribution < -0.4 is 16.4 Å². The maximum atomic E-state index is 12.6. The van der Waals surface area contributed by atoms with Crippen LogP contribution in [0.2, 0.25) is 0 Å². The van der Waals surface area contributed by atoms with E-state index in [1.165, 1.54) is 0 Å². The summed E-state index contributed by atoms with van der Waals surface area (Å²) in [5.74, 6) is 0.623. The fourth-order valence-electron chi connectivity index (χ4n) is 2.68. The zero-order valence-corrected chi connectivity index (χ0v) is 16.6. The van der Waals surface area contributed by atoms with E-state index in [9.17, 15) is 4.79 Å². The molecule has 3 aromatic rings. The molecule has 8 heteroatoms. The Bertz CT molecular complexity index is 943. The fraction of sp³-hybridized carbons (Fsp3) is 0.238. The van der Waals surface area contributed by atoms with E-state index >= 15 is 0 Å². The van der Waals surface area contributed by atoms with E-state index in [0.29, 0.717) is 28.7 Å². The first-order chi connectivity index (χ1) is 14.0. The second-order valence-corrected chi connectivity index (χ2v) is 6.86. The van der Waals surface area contributed by atoms with Gasteiger partial charge in [0.15, 0.2) is 0 Å². The smallest absolute Gasteiger partial charge is 0.256 e. The van der Waals surface area contributed by atoms with Crippen LogP contribution in [-0.4, -0.2) is 52.9 Å². The lowest BCUT2D eigenvalue weighted by atomic mass is 10.2. The Balaban J connectivity index is 1.81. The number of anilines is 3. The van der Waals surface area contributed by atoms with Crippen molar-refractivity contribution in [1.82, 2.24) is 19.9 Å². The van der Waals surface area contributed by atoms with Gasteiger partial charge in [0.25, 0.3) is 5.91 Å². The number of nitrogens with two attached hydrogens (primary N) is 1. The minimum atomic E-state index is -0.261. The van der Waals surface area contributed by atoms with Crippen LogP contribution in [-0.2, 0) is 0 Å². The number of pyridine rings is 1. The lowest BCUT2D eigenvalue weighted by Crippen LogP contribution is -2.18. The van der Waals surface area contributed by atoms with Gasteiger partial charge in [0.2, 0.25) is 5.95 Å². The minimum absolute atomic E-state index is 0.261. The van der Waals surface area contributed by atoms with E-state index in [4.69, 9.17) is 5.73 Å². The van der Waals surface area contributed by atoms with E-state index in [0.717, 1.165) is 25.1 Å². The molecule has 2 heterocycles. The number of aromatic nitrogens is 3. The van der Waals surface area contributed by atoms with Crippen molar-refractivity contribution >= 4 is 23.4 Å². The molecular weight excluding hydrogens is 366 g/mol. The lowest BCUT2D eigenvalue weighted by molar-refractivity contribution is 0.102. The number of amides is 1. The average Bonchev–Trinajstić information content (AvgIpc) is 2.72. The molecule has 0 fully saturated rings. The molecule has 0 saturated heterocycles. The van der Waals surface area contributed by atoms with Crippen LogP contribution in [0.1, 0.15) is 16.8 Å². The van der Waals surface area contributed by atoms with Crippen LogP contribution in [0.3, 0.4) is 0 Å². The van der Waals surface area contributed by atoms with Gasteiger partial charge in [-0.3, -0.25) is 9.78 Å². The molecular formula is C21H25N7O. The normalized spacial score (nSPS) is 10.7. The molecule has 8 nitrogen and oxygen atoms in total. The van der Waals surface area contributed by atoms with Gasteiger partial charge in [0.05, 0.1) is 5.69 Å². The highest BCUT2D eigenvalue weighted by atomic mass is 16.1. The molecule has 0 spiro atoms. The second kappa shape index (κ2) is 9.61. The van der Waals surface area contributed by atoms with Gasteiger partial charge in [0.1, 0.15) is 5.82 Å². The number of rotatable bonds is 8. The molecule has 0 aliphatic rings. The fourth-order valence-corrected chi connectivity index (χ4v) is 2.68. The molecule has 0 bridgehead atoms. The molecule has 0 aliphatic heterocycles. The monoisotopic (exact) mass is 391 g/mol. The van der Waals surface area contributed by atoms with Gasteiger partial charge in [-0.25, -0.2) is 4.98 Å². The molecule has 1 amide bonds. The number of hydrogen-bond donors (Lipinski definition) is 3. The third kappa shape index (κ3) is 5.98. The Labute approximate surface area is 170 Å². The molecule has 2 aromatic heterocycles. The van der Waals surface area contributed by atoms with Gasteiger partial charge in [0, 0.05) is 41.8 Å². The van der Waals surface area contributed by atoms with Crippen molar-refractivity contribution in [1.29, 1.82) is 0 Å². The largest absolute Gasteiger partial charge is 0.399 e. The first-order valence-corrected chi connectivity index (χ1v) is 9.36. The Hall–Kier alpha value is -3.52. The highest BCUT2D eigenvalue weighted by Gasteiger charge is 2.11. The first kappa shape index (κ1) is 20.2. The van der Waals surface area contributed by atoms with Crippen molar-refractivity contribution < 1.29 is 4.79 Å². The van der Waals surface area contributed by atoms with Crippen molar-refractivity contribution in [3.63, 3.8) is 0 Å². The Morgan fingerprint density at radius 3 is 2.48 bits per heavy atom. The summed E-state index contributed by atoms with van der Waals surface area (Å²) >= 11 is 0. The minimum Gasteiger partial charge on any atom is -0.399 e. The molecule has 0 saturated carbocycles. The molecule has 4 N–H and O–H groups in total. The maximum absolute atomic E-state index is 12.6. The standard InChI is InChI=1S/C21H25N7O/c1-28(2)13-3-10-24-21-25-18(15-8-11-23-12-9-15)14-19(27-21)26-20(29)16-4-6-17(22)7-5-16/h4-9,11-12,14H,3,10,13,22H2,1-2H3,(H2,24,25,26,27,29). The zero-order valence-electron chi connectivity index (χ0n) is 16.6. The number of hydrogen-bond acceptors (Lipinski definition) is 7. The predicted octanol–water partition coefficient (Wildman–Crippen LogP) is 2.74. The van der Waals surface area contributed by atoms with Crippen molar-refractivity contribution in [2.24, 2.45) is 0 Å². The van der Waals surface area contributed by atoms with Crippen LogP contribution in [0.25, 0.3) is 11.3 Å². The summed E-state index contributed by atoms with van der Waals surface area (Å²) in [5, 5.41) is 6.08. The Kier molecular flexibility index (Phi) is 6.70. The number of nitrogens with zero attached hydrogens (tertiary/aromatic N) is 4. The zero-order chi connectivity index (χ0) is 20.6. The average molecular weight is 391 g/mol. The summed E-state index contributed by atoms with van der Waals surface area (Å²) in [4.78, 5) is 27.8. The molecule has 29 heavy (non-hydrogen) atoms. The quantitative estimate of drug-likeness (QED) is 0.400. The highest BCUT2D eigenvalue weighted by molar-refractivity contribution is 6.04. The summed E-state index contributed by atoms with van der Waals surface area (Å²) < 4.78 is 0. The third-order valence-electron chi connectivity index (χ3n) is 4.18. The number of carbonyl (C=O) groups excluding carboxylic acids is 1. The maximum Gasteiger partial charge on any atom is 0.256 e. The van der Waals surface area contributed by atoms with Crippen LogP contribution in [0.5, 0.6) is 0 Å². The van der Waals surface area contributed by atoms with Crippen molar-refractivity contribution in [2.45, 2.75) is 6.42 Å². The molecule has 0 unspecified atom stereocenters. The van der Waals surface area contributed by atoms with Crippen LogP contribution in [0.4, 0.5) is 17.5 Å². The number of carbonyl (C=O) groups is 1. The number of nitrogens with one attached hydrogen (secondary N) is 2. The van der Waals surface area contributed by atoms with E-state index in [1.807, 2.05) is 26.2 Å². The second-order valence-electron chi connectivity index (χ2n) is 6.86. The van der Waals surface area contributed by atoms with Crippen molar-refractivity contribution in [3.05, 3.63) is 60.4 Å². The summed E-state index contributed by atoms with van der Waals surface area (Å²) in [6.45, 7) is 1.68. The number of nitrogen functional groups attached to an aromatic ring is 1. The van der Waals surface area contributed by atoms with Gasteiger partial charge < -0.3 is 21.3 Å². The van der Waals surface area contributed by atoms with E-state index in [2.05, 4.69) is 30.5 Å². The van der Waals surface area contributed by atoms with Crippen molar-refractivity contribution in [2.75, 3.05) is 43.6 Å². The molecule has 1 aromatic carbocycles. The van der Waals surface area contributed by atoms with Gasteiger partial charge in [-0.2, -0.15) is 4.98 Å². The van der Waals surface area contributed by atoms with E-state index in [-0.39, 0.29) is 5.91 Å². The summed E-state index contributed by atoms with van der Waals surface area (Å²) in [6.07, 6.45) is 4.35. The molecule has 0 atom stereocenters. The summed E-state index contributed by atoms with van der Waals surface area (Å²) in [5.41, 5.74) is 8.39. The van der Waals surface area contributed by atoms with Crippen LogP contribution >= 0.6 is 0 Å². The Morgan fingerprint density at radius 1 is 1.07 bits per heavy atom.